The van der Waals surface area contributed by atoms with Crippen molar-refractivity contribution in [3.05, 3.63) is 0 Å². The van der Waals surface area contributed by atoms with E-state index in [4.69, 9.17) is 4.74 Å². The fourth-order valence-electron chi connectivity index (χ4n) is 2.22. The zero-order chi connectivity index (χ0) is 13.9. The lowest BCUT2D eigenvalue weighted by atomic mass is 9.94. The molecule has 0 aromatic heterocycles. The van der Waals surface area contributed by atoms with Gasteiger partial charge in [0.05, 0.1) is 5.92 Å². The van der Waals surface area contributed by atoms with Crippen LogP contribution in [0.4, 0.5) is 0 Å². The quantitative estimate of drug-likeness (QED) is 0.780. The van der Waals surface area contributed by atoms with Crippen LogP contribution in [-0.2, 0) is 9.53 Å². The van der Waals surface area contributed by atoms with Crippen molar-refractivity contribution in [2.75, 3.05) is 20.1 Å². The molecule has 0 aliphatic carbocycles. The summed E-state index contributed by atoms with van der Waals surface area (Å²) in [4.78, 5) is 14.4. The summed E-state index contributed by atoms with van der Waals surface area (Å²) in [5.74, 6) is -0.0963. The third-order valence-electron chi connectivity index (χ3n) is 3.46. The lowest BCUT2D eigenvalue weighted by Gasteiger charge is -2.37. The van der Waals surface area contributed by atoms with Crippen molar-refractivity contribution < 1.29 is 9.53 Å². The van der Waals surface area contributed by atoms with Gasteiger partial charge in [-0.25, -0.2) is 0 Å². The van der Waals surface area contributed by atoms with Gasteiger partial charge in [0, 0.05) is 25.2 Å². The number of ether oxygens (including phenoxy) is 1. The number of hydrogen-bond acceptors (Lipinski definition) is 4. The highest BCUT2D eigenvalue weighted by molar-refractivity contribution is 5.73. The number of carbonyl (C=O) groups excluding carboxylic acids is 1. The Morgan fingerprint density at radius 2 is 1.94 bits per heavy atom. The third kappa shape index (κ3) is 4.58. The number of rotatable bonds is 3. The Kier molecular flexibility index (Phi) is 5.17. The van der Waals surface area contributed by atoms with Crippen LogP contribution in [0.25, 0.3) is 0 Å². The molecule has 1 rings (SSSR count). The molecular weight excluding hydrogens is 228 g/mol. The van der Waals surface area contributed by atoms with E-state index in [1.54, 1.807) is 0 Å². The number of likely N-dealkylation sites (N-methyl/N-ethyl adjacent to an activating group) is 1. The molecule has 1 N–H and O–H groups in total. The molecule has 0 aromatic carbocycles. The van der Waals surface area contributed by atoms with E-state index in [9.17, 15) is 4.79 Å². The van der Waals surface area contributed by atoms with Gasteiger partial charge < -0.3 is 10.1 Å². The van der Waals surface area contributed by atoms with E-state index in [1.165, 1.54) is 0 Å². The first-order valence-electron chi connectivity index (χ1n) is 6.86. The number of nitrogens with zero attached hydrogens (tertiary/aromatic N) is 1. The molecule has 0 aromatic rings. The second kappa shape index (κ2) is 6.02. The van der Waals surface area contributed by atoms with E-state index >= 15 is 0 Å². The van der Waals surface area contributed by atoms with Crippen LogP contribution in [0.2, 0.25) is 0 Å². The minimum atomic E-state index is -0.395. The molecule has 1 heterocycles. The zero-order valence-electron chi connectivity index (χ0n) is 12.6. The summed E-state index contributed by atoms with van der Waals surface area (Å²) in [6.07, 6.45) is 0.886. The fourth-order valence-corrected chi connectivity index (χ4v) is 2.22. The van der Waals surface area contributed by atoms with Crippen molar-refractivity contribution in [3.63, 3.8) is 0 Å². The summed E-state index contributed by atoms with van der Waals surface area (Å²) in [5, 5.41) is 3.34. The molecule has 0 saturated carbocycles. The Labute approximate surface area is 111 Å². The van der Waals surface area contributed by atoms with Crippen molar-refractivity contribution in [1.82, 2.24) is 10.2 Å². The number of nitrogens with one attached hydrogen (secondary N) is 1. The van der Waals surface area contributed by atoms with Gasteiger partial charge >= 0.3 is 5.97 Å². The second-order valence-corrected chi connectivity index (χ2v) is 6.54. The van der Waals surface area contributed by atoms with Gasteiger partial charge in [-0.15, -0.1) is 0 Å². The van der Waals surface area contributed by atoms with Crippen LogP contribution in [0, 0.1) is 5.92 Å². The molecule has 1 fully saturated rings. The molecule has 0 bridgehead atoms. The second-order valence-electron chi connectivity index (χ2n) is 6.54. The highest BCUT2D eigenvalue weighted by Gasteiger charge is 2.32. The van der Waals surface area contributed by atoms with Gasteiger partial charge in [-0.05, 0) is 48.1 Å². The molecule has 18 heavy (non-hydrogen) atoms. The van der Waals surface area contributed by atoms with Gasteiger partial charge in [0.15, 0.2) is 0 Å². The van der Waals surface area contributed by atoms with Crippen LogP contribution >= 0.6 is 0 Å². The first-order chi connectivity index (χ1) is 8.20. The monoisotopic (exact) mass is 256 g/mol. The van der Waals surface area contributed by atoms with Crippen molar-refractivity contribution in [1.29, 1.82) is 0 Å². The van der Waals surface area contributed by atoms with Gasteiger partial charge in [-0.1, -0.05) is 0 Å². The largest absolute Gasteiger partial charge is 0.460 e. The summed E-state index contributed by atoms with van der Waals surface area (Å²) in [5.41, 5.74) is -0.395. The van der Waals surface area contributed by atoms with E-state index in [1.807, 2.05) is 20.8 Å². The van der Waals surface area contributed by atoms with Gasteiger partial charge in [-0.3, -0.25) is 9.69 Å². The van der Waals surface area contributed by atoms with Gasteiger partial charge in [-0.2, -0.15) is 0 Å². The molecular formula is C14H28N2O2. The average molecular weight is 256 g/mol. The van der Waals surface area contributed by atoms with Crippen LogP contribution in [0.3, 0.4) is 0 Å². The number of hydrogen-bond donors (Lipinski definition) is 1. The van der Waals surface area contributed by atoms with Crippen molar-refractivity contribution in [3.8, 4) is 0 Å². The normalized spacial score (nSPS) is 25.6. The Balaban J connectivity index is 2.56. The maximum atomic E-state index is 12.1. The smallest absolute Gasteiger partial charge is 0.310 e. The summed E-state index contributed by atoms with van der Waals surface area (Å²) < 4.78 is 5.47. The predicted octanol–water partition coefficient (Wildman–Crippen LogP) is 1.65. The Morgan fingerprint density at radius 3 is 2.44 bits per heavy atom. The Hall–Kier alpha value is -0.610. The SMILES string of the molecule is CC(C)N(C)[C@@H]1CNC[C@H](C(=O)OC(C)(C)C)C1. The summed E-state index contributed by atoms with van der Waals surface area (Å²) in [7, 11) is 2.12. The van der Waals surface area contributed by atoms with E-state index in [0.717, 1.165) is 19.5 Å². The average Bonchev–Trinajstić information content (AvgIpc) is 2.25. The first kappa shape index (κ1) is 15.4. The molecule has 1 saturated heterocycles. The molecule has 1 aliphatic rings. The van der Waals surface area contributed by atoms with Crippen molar-refractivity contribution in [2.24, 2.45) is 5.92 Å². The van der Waals surface area contributed by atoms with Crippen molar-refractivity contribution >= 4 is 5.97 Å². The lowest BCUT2D eigenvalue weighted by Crippen LogP contribution is -2.51. The van der Waals surface area contributed by atoms with Gasteiger partial charge in [0.25, 0.3) is 0 Å². The van der Waals surface area contributed by atoms with Crippen LogP contribution in [0.5, 0.6) is 0 Å². The molecule has 106 valence electrons. The molecule has 0 unspecified atom stereocenters. The van der Waals surface area contributed by atoms with E-state index in [0.29, 0.717) is 12.1 Å². The highest BCUT2D eigenvalue weighted by Crippen LogP contribution is 2.20. The minimum Gasteiger partial charge on any atom is -0.460 e. The topological polar surface area (TPSA) is 41.6 Å². The minimum absolute atomic E-state index is 0.0239. The lowest BCUT2D eigenvalue weighted by molar-refractivity contribution is -0.161. The summed E-state index contributed by atoms with van der Waals surface area (Å²) >= 11 is 0. The van der Waals surface area contributed by atoms with E-state index in [2.05, 4.69) is 31.1 Å². The number of piperidine rings is 1. The Bertz CT molecular complexity index is 284. The fraction of sp³-hybridized carbons (Fsp3) is 0.929. The van der Waals surface area contributed by atoms with Gasteiger partial charge in [0.2, 0.25) is 0 Å². The predicted molar refractivity (Wildman–Crippen MR) is 73.5 cm³/mol. The van der Waals surface area contributed by atoms with E-state index < -0.39 is 5.60 Å². The zero-order valence-corrected chi connectivity index (χ0v) is 12.6. The highest BCUT2D eigenvalue weighted by atomic mass is 16.6. The molecule has 4 heteroatoms. The van der Waals surface area contributed by atoms with Gasteiger partial charge in [0.1, 0.15) is 5.60 Å². The number of carbonyl (C=O) groups is 1. The Morgan fingerprint density at radius 1 is 1.33 bits per heavy atom. The maximum Gasteiger partial charge on any atom is 0.310 e. The molecule has 1 aliphatic heterocycles. The molecule has 0 amide bonds. The standard InChI is InChI=1S/C14H28N2O2/c1-10(2)16(6)12-7-11(8-15-9-12)13(17)18-14(3,4)5/h10-12,15H,7-9H2,1-6H3/t11-,12+/m1/s1. The first-order valence-corrected chi connectivity index (χ1v) is 6.86. The molecule has 2 atom stereocenters. The van der Waals surface area contributed by atoms with Crippen LogP contribution in [0.1, 0.15) is 41.0 Å². The molecule has 0 radical (unpaired) electrons. The molecule has 0 spiro atoms. The number of esters is 1. The summed E-state index contributed by atoms with van der Waals surface area (Å²) in [6.45, 7) is 11.8. The molecule has 4 nitrogen and oxygen atoms in total. The third-order valence-corrected chi connectivity index (χ3v) is 3.46. The van der Waals surface area contributed by atoms with Crippen LogP contribution in [-0.4, -0.2) is 48.7 Å². The van der Waals surface area contributed by atoms with Crippen molar-refractivity contribution in [2.45, 2.75) is 58.7 Å². The maximum absolute atomic E-state index is 12.1. The van der Waals surface area contributed by atoms with E-state index in [-0.39, 0.29) is 11.9 Å². The van der Waals surface area contributed by atoms with Crippen LogP contribution in [0.15, 0.2) is 0 Å². The summed E-state index contributed by atoms with van der Waals surface area (Å²) in [6, 6.07) is 0.908. The van der Waals surface area contributed by atoms with Crippen LogP contribution < -0.4 is 5.32 Å².